The number of nitrogens with one attached hydrogen (secondary N) is 2. The van der Waals surface area contributed by atoms with Gasteiger partial charge < -0.3 is 9.97 Å². The maximum Gasteiger partial charge on any atom is 0.204 e. The lowest BCUT2D eigenvalue weighted by atomic mass is 10.1. The van der Waals surface area contributed by atoms with Crippen molar-refractivity contribution in [1.82, 2.24) is 9.97 Å². The molecule has 0 unspecified atom stereocenters. The fourth-order valence-corrected chi connectivity index (χ4v) is 7.18. The highest BCUT2D eigenvalue weighted by atomic mass is 33.1. The van der Waals surface area contributed by atoms with Gasteiger partial charge in [-0.1, -0.05) is 71.8 Å². The number of aromatic nitrogens is 2. The quantitative estimate of drug-likeness (QED) is 0.220. The number of H-pyrrole nitrogens is 2. The lowest BCUT2D eigenvalue weighted by Gasteiger charge is -2.14. The molecule has 2 aromatic heterocycles. The Bertz CT molecular complexity index is 1810. The maximum atomic E-state index is 13.8. The van der Waals surface area contributed by atoms with E-state index < -0.39 is 0 Å². The monoisotopic (exact) mass is 532 g/mol. The van der Waals surface area contributed by atoms with E-state index >= 15 is 0 Å². The van der Waals surface area contributed by atoms with Crippen LogP contribution in [0.15, 0.2) is 116 Å². The van der Waals surface area contributed by atoms with Crippen molar-refractivity contribution in [2.75, 3.05) is 0 Å². The highest BCUT2D eigenvalue weighted by Crippen LogP contribution is 2.43. The van der Waals surface area contributed by atoms with Crippen molar-refractivity contribution in [1.29, 1.82) is 0 Å². The molecule has 0 fully saturated rings. The van der Waals surface area contributed by atoms with Crippen LogP contribution in [0.5, 0.6) is 0 Å². The van der Waals surface area contributed by atoms with Crippen molar-refractivity contribution >= 4 is 43.4 Å². The van der Waals surface area contributed by atoms with Crippen molar-refractivity contribution in [3.05, 3.63) is 129 Å². The van der Waals surface area contributed by atoms with Crippen LogP contribution in [0.2, 0.25) is 0 Å². The summed E-state index contributed by atoms with van der Waals surface area (Å²) in [4.78, 5) is 35.7. The number of pyridine rings is 2. The molecule has 4 nitrogen and oxygen atoms in total. The predicted octanol–water partition coefficient (Wildman–Crippen LogP) is 8.12. The van der Waals surface area contributed by atoms with Crippen LogP contribution in [0.3, 0.4) is 0 Å². The zero-order chi connectivity index (χ0) is 26.2. The molecule has 6 heteroatoms. The van der Waals surface area contributed by atoms with Crippen molar-refractivity contribution < 1.29 is 0 Å². The van der Waals surface area contributed by atoms with Crippen LogP contribution in [0, 0.1) is 13.8 Å². The number of hydrogen-bond acceptors (Lipinski definition) is 4. The van der Waals surface area contributed by atoms with E-state index in [0.29, 0.717) is 20.6 Å². The molecule has 2 heterocycles. The second-order valence-electron chi connectivity index (χ2n) is 9.31. The Morgan fingerprint density at radius 2 is 0.947 bits per heavy atom. The third-order valence-electron chi connectivity index (χ3n) is 6.55. The van der Waals surface area contributed by atoms with E-state index in [9.17, 15) is 9.59 Å². The van der Waals surface area contributed by atoms with Gasteiger partial charge in [-0.2, -0.15) is 0 Å². The van der Waals surface area contributed by atoms with Crippen molar-refractivity contribution in [2.45, 2.75) is 23.6 Å². The van der Waals surface area contributed by atoms with Crippen LogP contribution in [0.4, 0.5) is 0 Å². The fourth-order valence-electron chi connectivity index (χ4n) is 4.68. The smallest absolute Gasteiger partial charge is 0.204 e. The van der Waals surface area contributed by atoms with Gasteiger partial charge in [-0.15, -0.1) is 0 Å². The van der Waals surface area contributed by atoms with E-state index in [1.54, 1.807) is 0 Å². The number of aryl methyl sites for hydroxylation is 2. The largest absolute Gasteiger partial charge is 0.353 e. The Balaban J connectivity index is 1.54. The molecular formula is C32H24N2O2S2. The molecule has 0 atom stereocenters. The van der Waals surface area contributed by atoms with Crippen LogP contribution < -0.4 is 10.9 Å². The molecule has 0 amide bonds. The standard InChI is InChI=1S/C32H24N2O2S2/c1-19-9-7-11-21(17-19)27-31(29(35)23-13-3-5-15-25(23)33-27)37-38-32-28(22-12-8-10-20(2)18-22)34-26-16-6-4-14-24(26)30(32)36/h3-18H,1-2H3,(H,33,35)(H,34,36). The highest BCUT2D eigenvalue weighted by Gasteiger charge is 2.19. The summed E-state index contributed by atoms with van der Waals surface area (Å²) in [6, 6.07) is 31.3. The molecule has 186 valence electrons. The number of hydrogen-bond donors (Lipinski definition) is 2. The molecular weight excluding hydrogens is 508 g/mol. The predicted molar refractivity (Wildman–Crippen MR) is 161 cm³/mol. The molecule has 0 bridgehead atoms. The average Bonchev–Trinajstić information content (AvgIpc) is 2.93. The lowest BCUT2D eigenvalue weighted by Crippen LogP contribution is -2.10. The number of rotatable bonds is 5. The molecule has 0 saturated heterocycles. The minimum absolute atomic E-state index is 0.0531. The van der Waals surface area contributed by atoms with Crippen molar-refractivity contribution in [2.24, 2.45) is 0 Å². The maximum absolute atomic E-state index is 13.8. The van der Waals surface area contributed by atoms with Gasteiger partial charge in [0.2, 0.25) is 10.9 Å². The van der Waals surface area contributed by atoms with E-state index in [0.717, 1.165) is 44.7 Å². The van der Waals surface area contributed by atoms with Gasteiger partial charge in [-0.05, 0) is 83.0 Å². The van der Waals surface area contributed by atoms with E-state index in [4.69, 9.17) is 0 Å². The van der Waals surface area contributed by atoms with E-state index in [1.165, 1.54) is 21.6 Å². The first-order chi connectivity index (χ1) is 18.5. The fraction of sp³-hybridized carbons (Fsp3) is 0.0625. The molecule has 6 rings (SSSR count). The molecule has 0 aliphatic rings. The van der Waals surface area contributed by atoms with Crippen molar-refractivity contribution in [3.8, 4) is 22.5 Å². The Hall–Kier alpha value is -4.00. The second kappa shape index (κ2) is 10.0. The Morgan fingerprint density at radius 3 is 1.37 bits per heavy atom. The first kappa shape index (κ1) is 24.3. The Labute approximate surface area is 227 Å². The van der Waals surface area contributed by atoms with Gasteiger partial charge in [-0.25, -0.2) is 0 Å². The summed E-state index contributed by atoms with van der Waals surface area (Å²) in [5.41, 5.74) is 7.05. The van der Waals surface area contributed by atoms with Gasteiger partial charge >= 0.3 is 0 Å². The molecule has 2 N–H and O–H groups in total. The molecule has 38 heavy (non-hydrogen) atoms. The van der Waals surface area contributed by atoms with Crippen LogP contribution in [-0.4, -0.2) is 9.97 Å². The summed E-state index contributed by atoms with van der Waals surface area (Å²) in [5.74, 6) is 0. The first-order valence-electron chi connectivity index (χ1n) is 12.3. The number of fused-ring (bicyclic) bond motifs is 2. The number of benzene rings is 4. The highest BCUT2D eigenvalue weighted by molar-refractivity contribution is 8.76. The zero-order valence-corrected chi connectivity index (χ0v) is 22.5. The van der Waals surface area contributed by atoms with Gasteiger partial charge in [0.1, 0.15) is 0 Å². The first-order valence-corrected chi connectivity index (χ1v) is 14.4. The van der Waals surface area contributed by atoms with Gasteiger partial charge in [0.15, 0.2) is 0 Å². The second-order valence-corrected chi connectivity index (χ2v) is 11.5. The van der Waals surface area contributed by atoms with Crippen LogP contribution >= 0.6 is 21.6 Å². The van der Waals surface area contributed by atoms with E-state index in [1.807, 2.05) is 98.8 Å². The molecule has 0 aliphatic heterocycles. The third kappa shape index (κ3) is 4.46. The van der Waals surface area contributed by atoms with Gasteiger partial charge in [0.25, 0.3) is 0 Å². The summed E-state index contributed by atoms with van der Waals surface area (Å²) in [6.07, 6.45) is 0. The average molecular weight is 533 g/mol. The van der Waals surface area contributed by atoms with Gasteiger partial charge in [0.05, 0.1) is 21.2 Å². The van der Waals surface area contributed by atoms with E-state index in [2.05, 4.69) is 22.1 Å². The summed E-state index contributed by atoms with van der Waals surface area (Å²) in [7, 11) is 2.66. The minimum Gasteiger partial charge on any atom is -0.353 e. The van der Waals surface area contributed by atoms with E-state index in [-0.39, 0.29) is 10.9 Å². The third-order valence-corrected chi connectivity index (χ3v) is 9.00. The van der Waals surface area contributed by atoms with Crippen LogP contribution in [0.1, 0.15) is 11.1 Å². The Morgan fingerprint density at radius 1 is 0.526 bits per heavy atom. The number of para-hydroxylation sites is 2. The van der Waals surface area contributed by atoms with Crippen LogP contribution in [0.25, 0.3) is 44.3 Å². The topological polar surface area (TPSA) is 65.7 Å². The van der Waals surface area contributed by atoms with Crippen molar-refractivity contribution in [3.63, 3.8) is 0 Å². The molecule has 6 aromatic rings. The summed E-state index contributed by atoms with van der Waals surface area (Å²) >= 11 is 0. The number of aromatic amines is 2. The minimum atomic E-state index is -0.0531. The molecule has 0 aliphatic carbocycles. The Kier molecular flexibility index (Phi) is 6.44. The normalized spacial score (nSPS) is 11.3. The van der Waals surface area contributed by atoms with Crippen LogP contribution in [-0.2, 0) is 0 Å². The lowest BCUT2D eigenvalue weighted by molar-refractivity contribution is 1.26. The summed E-state index contributed by atoms with van der Waals surface area (Å²) < 4.78 is 0. The SMILES string of the molecule is Cc1cccc(-c2[nH]c3ccccc3c(=O)c2SSc2c(-c3cccc(C)c3)[nH]c3ccccc3c2=O)c1. The van der Waals surface area contributed by atoms with Gasteiger partial charge in [-0.3, -0.25) is 9.59 Å². The molecule has 0 spiro atoms. The molecule has 0 radical (unpaired) electrons. The zero-order valence-electron chi connectivity index (χ0n) is 20.9. The molecule has 4 aromatic carbocycles. The molecule has 0 saturated carbocycles. The van der Waals surface area contributed by atoms with Gasteiger partial charge in [0, 0.05) is 21.8 Å². The summed E-state index contributed by atoms with van der Waals surface area (Å²) in [5, 5.41) is 1.25. The summed E-state index contributed by atoms with van der Waals surface area (Å²) in [6.45, 7) is 4.07.